The van der Waals surface area contributed by atoms with Crippen molar-refractivity contribution in [2.75, 3.05) is 6.61 Å². The number of aromatic amines is 1. The van der Waals surface area contributed by atoms with E-state index in [1.807, 2.05) is 10.9 Å². The van der Waals surface area contributed by atoms with Gasteiger partial charge in [-0.2, -0.15) is 9.78 Å². The summed E-state index contributed by atoms with van der Waals surface area (Å²) >= 11 is 5.37. The molecule has 13 nitrogen and oxygen atoms in total. The van der Waals surface area contributed by atoms with E-state index < -0.39 is 68.0 Å². The van der Waals surface area contributed by atoms with Crippen LogP contribution in [0.5, 0.6) is 5.75 Å². The molecule has 38 heavy (non-hydrogen) atoms. The van der Waals surface area contributed by atoms with Crippen LogP contribution in [0.1, 0.15) is 27.0 Å². The van der Waals surface area contributed by atoms with Gasteiger partial charge >= 0.3 is 19.5 Å². The molecular formula is C22H24ClFN3O10P. The highest BCUT2D eigenvalue weighted by Gasteiger charge is 2.59. The number of alkyl halides is 1. The molecule has 0 spiro atoms. The van der Waals surface area contributed by atoms with Crippen LogP contribution in [0.15, 0.2) is 46.1 Å². The zero-order chi connectivity index (χ0) is 28.1. The summed E-state index contributed by atoms with van der Waals surface area (Å²) < 4.78 is 56.2. The Morgan fingerprint density at radius 1 is 1.34 bits per heavy atom. The summed E-state index contributed by atoms with van der Waals surface area (Å²) in [5.74, 6) is 1.11. The van der Waals surface area contributed by atoms with Crippen LogP contribution >= 0.6 is 19.4 Å². The van der Waals surface area contributed by atoms with Gasteiger partial charge in [0.05, 0.1) is 12.7 Å². The molecule has 2 heterocycles. The van der Waals surface area contributed by atoms with E-state index in [1.165, 1.54) is 19.1 Å². The van der Waals surface area contributed by atoms with Crippen LogP contribution in [0.4, 0.5) is 4.39 Å². The van der Waals surface area contributed by atoms with Gasteiger partial charge in [-0.05, 0) is 50.4 Å². The number of phosphoric ester groups is 1. The van der Waals surface area contributed by atoms with Crippen molar-refractivity contribution in [2.24, 2.45) is 0 Å². The minimum atomic E-state index is -4.65. The molecule has 2 unspecified atom stereocenters. The fraction of sp³-hybridized carbons (Fsp3) is 0.455. The first-order valence-electron chi connectivity index (χ1n) is 11.1. The lowest BCUT2D eigenvalue weighted by molar-refractivity contribution is -0.156. The standard InChI is InChI=1S/C22H24ClFN3O10P/c1-13(2)34-19(30)14(3)36-38(32,37-15-7-5-4-6-8-15)33-12-16-18(29)22(24,9-10-23)20(35-16)27-21(31)26-17(28)11-25-27/h4-8,11,13-14,16,18,20,29H,12H2,1-3H3,(H,26,28,31)/t14-,16+,18-,20+,22?,38?/m0/s1. The Labute approximate surface area is 220 Å². The molecule has 0 aliphatic carbocycles. The number of halogens is 2. The normalized spacial score (nSPS) is 25.2. The van der Waals surface area contributed by atoms with Gasteiger partial charge in [0.25, 0.3) is 5.56 Å². The number of carbonyl (C=O) groups is 1. The second kappa shape index (κ2) is 12.2. The molecule has 1 aromatic heterocycles. The van der Waals surface area contributed by atoms with Gasteiger partial charge in [-0.25, -0.2) is 18.5 Å². The first-order chi connectivity index (χ1) is 17.9. The molecule has 1 fully saturated rings. The fourth-order valence-corrected chi connectivity index (χ4v) is 4.76. The molecule has 0 radical (unpaired) electrons. The van der Waals surface area contributed by atoms with Crippen molar-refractivity contribution in [3.63, 3.8) is 0 Å². The van der Waals surface area contributed by atoms with Gasteiger partial charge in [0.1, 0.15) is 24.2 Å². The van der Waals surface area contributed by atoms with Crippen molar-refractivity contribution in [3.05, 3.63) is 57.4 Å². The Balaban J connectivity index is 1.86. The molecule has 1 aliphatic heterocycles. The third kappa shape index (κ3) is 6.87. The number of benzene rings is 1. The first-order valence-corrected chi connectivity index (χ1v) is 12.9. The van der Waals surface area contributed by atoms with Gasteiger partial charge in [-0.15, -0.1) is 0 Å². The van der Waals surface area contributed by atoms with E-state index >= 15 is 4.39 Å². The minimum absolute atomic E-state index is 0.0443. The van der Waals surface area contributed by atoms with Crippen LogP contribution in [-0.2, 0) is 27.9 Å². The number of carbonyl (C=O) groups excluding carboxylic acids is 1. The number of aliphatic hydroxyl groups is 1. The van der Waals surface area contributed by atoms with Crippen LogP contribution < -0.4 is 15.8 Å². The second-order valence-corrected chi connectivity index (χ2v) is 9.96. The summed E-state index contributed by atoms with van der Waals surface area (Å²) in [7, 11) is -4.65. The monoisotopic (exact) mass is 575 g/mol. The number of hydrogen-bond acceptors (Lipinski definition) is 11. The number of esters is 1. The Kier molecular flexibility index (Phi) is 9.48. The van der Waals surface area contributed by atoms with Gasteiger partial charge in [-0.3, -0.25) is 18.8 Å². The Morgan fingerprint density at radius 2 is 2.03 bits per heavy atom. The lowest BCUT2D eigenvalue weighted by Gasteiger charge is -2.24. The van der Waals surface area contributed by atoms with E-state index in [0.717, 1.165) is 0 Å². The third-order valence-electron chi connectivity index (χ3n) is 4.97. The molecule has 1 saturated heterocycles. The Morgan fingerprint density at radius 3 is 2.63 bits per heavy atom. The zero-order valence-corrected chi connectivity index (χ0v) is 21.9. The lowest BCUT2D eigenvalue weighted by atomic mass is 9.97. The largest absolute Gasteiger partial charge is 0.530 e. The number of ether oxygens (including phenoxy) is 2. The van der Waals surface area contributed by atoms with Crippen LogP contribution in [0, 0.1) is 11.3 Å². The van der Waals surface area contributed by atoms with Gasteiger partial charge in [0.2, 0.25) is 11.9 Å². The molecule has 2 aromatic rings. The molecular weight excluding hydrogens is 552 g/mol. The molecule has 3 rings (SSSR count). The predicted octanol–water partition coefficient (Wildman–Crippen LogP) is 1.66. The molecule has 16 heteroatoms. The maximum Gasteiger partial charge on any atom is 0.530 e. The number of para-hydroxylation sites is 1. The van der Waals surface area contributed by atoms with E-state index in [2.05, 4.69) is 5.10 Å². The SMILES string of the molecule is CC(C)OC(=O)[C@H](C)OP(=O)(OC[C@H]1O[C@@H](n2ncc(=O)[nH]c2=O)C(F)(C#CCl)[C@H]1O)Oc1ccccc1. The van der Waals surface area contributed by atoms with Crippen molar-refractivity contribution in [3.8, 4) is 17.0 Å². The van der Waals surface area contributed by atoms with Crippen LogP contribution in [0.3, 0.4) is 0 Å². The van der Waals surface area contributed by atoms with E-state index in [9.17, 15) is 24.1 Å². The highest BCUT2D eigenvalue weighted by Crippen LogP contribution is 2.52. The van der Waals surface area contributed by atoms with E-state index in [0.29, 0.717) is 10.9 Å². The molecule has 206 valence electrons. The van der Waals surface area contributed by atoms with Crippen molar-refractivity contribution in [2.45, 2.75) is 57.1 Å². The maximum absolute atomic E-state index is 15.8. The summed E-state index contributed by atoms with van der Waals surface area (Å²) in [6, 6.07) is 7.68. The number of nitrogens with one attached hydrogen (secondary N) is 1. The average Bonchev–Trinajstić information content (AvgIpc) is 3.08. The van der Waals surface area contributed by atoms with E-state index in [1.54, 1.807) is 37.4 Å². The molecule has 0 amide bonds. The van der Waals surface area contributed by atoms with Crippen molar-refractivity contribution < 1.29 is 41.9 Å². The summed E-state index contributed by atoms with van der Waals surface area (Å²) in [5, 5.41) is 16.0. The van der Waals surface area contributed by atoms with Crippen molar-refractivity contribution in [1.82, 2.24) is 14.8 Å². The van der Waals surface area contributed by atoms with Crippen LogP contribution in [0.25, 0.3) is 0 Å². The molecule has 0 saturated carbocycles. The zero-order valence-electron chi connectivity index (χ0n) is 20.3. The summed E-state index contributed by atoms with van der Waals surface area (Å²) in [5.41, 5.74) is -5.03. The smallest absolute Gasteiger partial charge is 0.461 e. The van der Waals surface area contributed by atoms with Gasteiger partial charge in [-0.1, -0.05) is 18.2 Å². The molecule has 2 N–H and O–H groups in total. The van der Waals surface area contributed by atoms with Crippen LogP contribution in [-0.4, -0.2) is 62.5 Å². The number of aliphatic hydroxyl groups excluding tert-OH is 1. The number of hydrogen-bond donors (Lipinski definition) is 2. The third-order valence-corrected chi connectivity index (χ3v) is 6.54. The predicted molar refractivity (Wildman–Crippen MR) is 129 cm³/mol. The van der Waals surface area contributed by atoms with Crippen molar-refractivity contribution in [1.29, 1.82) is 0 Å². The number of phosphoric acid groups is 1. The summed E-state index contributed by atoms with van der Waals surface area (Å²) in [4.78, 5) is 37.6. The second-order valence-electron chi connectivity index (χ2n) is 8.22. The van der Waals surface area contributed by atoms with Crippen molar-refractivity contribution >= 4 is 25.4 Å². The quantitative estimate of drug-likeness (QED) is 0.240. The average molecular weight is 576 g/mol. The molecule has 0 bridgehead atoms. The maximum atomic E-state index is 15.8. The highest BCUT2D eigenvalue weighted by molar-refractivity contribution is 7.49. The number of H-pyrrole nitrogens is 1. The summed E-state index contributed by atoms with van der Waals surface area (Å²) in [6.07, 6.45) is -6.96. The first kappa shape index (κ1) is 29.5. The van der Waals surface area contributed by atoms with Crippen LogP contribution in [0.2, 0.25) is 0 Å². The number of rotatable bonds is 10. The number of nitrogens with zero attached hydrogens (tertiary/aromatic N) is 2. The fourth-order valence-electron chi connectivity index (χ4n) is 3.28. The topological polar surface area (TPSA) is 168 Å². The highest BCUT2D eigenvalue weighted by atomic mass is 35.5. The van der Waals surface area contributed by atoms with E-state index in [-0.39, 0.29) is 5.75 Å². The van der Waals surface area contributed by atoms with E-state index in [4.69, 9.17) is 34.6 Å². The Hall–Kier alpha value is -3.05. The molecule has 1 aromatic carbocycles. The number of aromatic nitrogens is 3. The minimum Gasteiger partial charge on any atom is -0.461 e. The lowest BCUT2D eigenvalue weighted by Crippen LogP contribution is -2.46. The Bertz CT molecular complexity index is 1360. The molecule has 1 aliphatic rings. The summed E-state index contributed by atoms with van der Waals surface area (Å²) in [6.45, 7) is 3.63. The molecule has 6 atom stereocenters. The van der Waals surface area contributed by atoms with Gasteiger partial charge < -0.3 is 19.1 Å². The van der Waals surface area contributed by atoms with Gasteiger partial charge in [0.15, 0.2) is 6.10 Å². The van der Waals surface area contributed by atoms with Gasteiger partial charge in [0, 0.05) is 5.38 Å².